The molecule has 3 atom stereocenters. The van der Waals surface area contributed by atoms with Crippen LogP contribution >= 0.6 is 0 Å². The SMILES string of the molecule is O=C(CN1C(=O)[C@@H]2CCCC[C@H]2C1=O)N[C@H]1CCCc2ccccc21. The third kappa shape index (κ3) is 2.96. The molecule has 0 bridgehead atoms. The lowest BCUT2D eigenvalue weighted by Gasteiger charge is -2.27. The maximum absolute atomic E-state index is 12.5. The molecule has 0 aromatic heterocycles. The van der Waals surface area contributed by atoms with E-state index in [2.05, 4.69) is 17.4 Å². The van der Waals surface area contributed by atoms with Crippen LogP contribution in [0.3, 0.4) is 0 Å². The van der Waals surface area contributed by atoms with Crippen molar-refractivity contribution in [1.29, 1.82) is 0 Å². The molecule has 2 aliphatic carbocycles. The van der Waals surface area contributed by atoms with Gasteiger partial charge in [0.05, 0.1) is 17.9 Å². The molecule has 1 aromatic carbocycles. The molecular formula is C20H24N2O3. The van der Waals surface area contributed by atoms with Crippen molar-refractivity contribution in [3.05, 3.63) is 35.4 Å². The van der Waals surface area contributed by atoms with Gasteiger partial charge >= 0.3 is 0 Å². The predicted octanol–water partition coefficient (Wildman–Crippen LogP) is 2.36. The van der Waals surface area contributed by atoms with Crippen molar-refractivity contribution in [2.45, 2.75) is 51.0 Å². The van der Waals surface area contributed by atoms with Crippen molar-refractivity contribution in [2.24, 2.45) is 11.8 Å². The van der Waals surface area contributed by atoms with Gasteiger partial charge in [0.2, 0.25) is 17.7 Å². The summed E-state index contributed by atoms with van der Waals surface area (Å²) in [6.45, 7) is -0.136. The second-order valence-electron chi connectivity index (χ2n) is 7.47. The molecule has 0 spiro atoms. The van der Waals surface area contributed by atoms with Crippen LogP contribution in [-0.4, -0.2) is 29.2 Å². The number of benzene rings is 1. The Morgan fingerprint density at radius 3 is 2.40 bits per heavy atom. The standard InChI is InChI=1S/C20H24N2O3/c23-18(21-17-11-5-7-13-6-1-2-8-14(13)17)12-22-19(24)15-9-3-4-10-16(15)20(22)25/h1-2,6,8,15-17H,3-5,7,9-12H2,(H,21,23)/t15-,16-,17+/m1/s1. The molecule has 25 heavy (non-hydrogen) atoms. The predicted molar refractivity (Wildman–Crippen MR) is 92.4 cm³/mol. The van der Waals surface area contributed by atoms with Gasteiger partial charge < -0.3 is 5.32 Å². The van der Waals surface area contributed by atoms with Crippen LogP contribution < -0.4 is 5.32 Å². The van der Waals surface area contributed by atoms with Gasteiger partial charge in [-0.05, 0) is 43.2 Å². The number of amides is 3. The Hall–Kier alpha value is -2.17. The van der Waals surface area contributed by atoms with Crippen molar-refractivity contribution in [3.63, 3.8) is 0 Å². The summed E-state index contributed by atoms with van der Waals surface area (Å²) in [6, 6.07) is 8.15. The highest BCUT2D eigenvalue weighted by atomic mass is 16.2. The van der Waals surface area contributed by atoms with Gasteiger partial charge in [0, 0.05) is 0 Å². The molecular weight excluding hydrogens is 316 g/mol. The molecule has 1 saturated heterocycles. The van der Waals surface area contributed by atoms with E-state index in [0.717, 1.165) is 50.5 Å². The first-order valence-electron chi connectivity index (χ1n) is 9.37. The Morgan fingerprint density at radius 2 is 1.68 bits per heavy atom. The first-order valence-corrected chi connectivity index (χ1v) is 9.37. The Bertz CT molecular complexity index is 691. The summed E-state index contributed by atoms with van der Waals surface area (Å²) in [5.41, 5.74) is 2.44. The third-order valence-corrected chi connectivity index (χ3v) is 5.94. The summed E-state index contributed by atoms with van der Waals surface area (Å²) in [6.07, 6.45) is 6.53. The molecule has 2 fully saturated rings. The average molecular weight is 340 g/mol. The highest BCUT2D eigenvalue weighted by Gasteiger charge is 2.48. The minimum atomic E-state index is -0.234. The molecule has 3 amide bonds. The van der Waals surface area contributed by atoms with Gasteiger partial charge in [-0.3, -0.25) is 19.3 Å². The van der Waals surface area contributed by atoms with E-state index >= 15 is 0 Å². The van der Waals surface area contributed by atoms with E-state index in [1.54, 1.807) is 0 Å². The fourth-order valence-electron chi connectivity index (χ4n) is 4.67. The number of carbonyl (C=O) groups excluding carboxylic acids is 3. The van der Waals surface area contributed by atoms with Crippen LogP contribution in [0.1, 0.15) is 55.7 Å². The molecule has 3 aliphatic rings. The van der Waals surface area contributed by atoms with Crippen LogP contribution in [0.2, 0.25) is 0 Å². The van der Waals surface area contributed by atoms with Crippen molar-refractivity contribution in [2.75, 3.05) is 6.54 Å². The second-order valence-corrected chi connectivity index (χ2v) is 7.47. The van der Waals surface area contributed by atoms with Crippen LogP contribution in [0.15, 0.2) is 24.3 Å². The lowest BCUT2D eigenvalue weighted by atomic mass is 9.81. The zero-order chi connectivity index (χ0) is 17.4. The second kappa shape index (κ2) is 6.62. The van der Waals surface area contributed by atoms with Gasteiger partial charge in [-0.1, -0.05) is 37.1 Å². The van der Waals surface area contributed by atoms with E-state index in [0.29, 0.717) is 0 Å². The number of hydrogen-bond acceptors (Lipinski definition) is 3. The molecule has 1 N–H and O–H groups in total. The van der Waals surface area contributed by atoms with E-state index in [-0.39, 0.29) is 42.1 Å². The number of imide groups is 1. The van der Waals surface area contributed by atoms with Gasteiger partial charge in [-0.2, -0.15) is 0 Å². The number of hydrogen-bond donors (Lipinski definition) is 1. The van der Waals surface area contributed by atoms with Crippen LogP contribution in [-0.2, 0) is 20.8 Å². The summed E-state index contributed by atoms with van der Waals surface area (Å²) < 4.78 is 0. The maximum Gasteiger partial charge on any atom is 0.240 e. The summed E-state index contributed by atoms with van der Waals surface area (Å²) >= 11 is 0. The van der Waals surface area contributed by atoms with Crippen LogP contribution in [0, 0.1) is 11.8 Å². The van der Waals surface area contributed by atoms with E-state index in [1.165, 1.54) is 10.5 Å². The van der Waals surface area contributed by atoms with E-state index in [4.69, 9.17) is 0 Å². The molecule has 1 saturated carbocycles. The topological polar surface area (TPSA) is 66.5 Å². The summed E-state index contributed by atoms with van der Waals surface area (Å²) in [4.78, 5) is 38.7. The fraction of sp³-hybridized carbons (Fsp3) is 0.550. The average Bonchev–Trinajstić information content (AvgIpc) is 2.87. The molecule has 1 aliphatic heterocycles. The first-order chi connectivity index (χ1) is 12.1. The highest BCUT2D eigenvalue weighted by molar-refractivity contribution is 6.07. The number of likely N-dealkylation sites (tertiary alicyclic amines) is 1. The smallest absolute Gasteiger partial charge is 0.240 e. The molecule has 5 heteroatoms. The zero-order valence-electron chi connectivity index (χ0n) is 14.4. The quantitative estimate of drug-likeness (QED) is 0.859. The number of rotatable bonds is 3. The van der Waals surface area contributed by atoms with Crippen molar-refractivity contribution >= 4 is 17.7 Å². The first kappa shape index (κ1) is 16.3. The summed E-state index contributed by atoms with van der Waals surface area (Å²) in [5.74, 6) is -0.904. The van der Waals surface area contributed by atoms with Crippen molar-refractivity contribution < 1.29 is 14.4 Å². The minimum Gasteiger partial charge on any atom is -0.348 e. The lowest BCUT2D eigenvalue weighted by Crippen LogP contribution is -2.42. The van der Waals surface area contributed by atoms with Gasteiger partial charge in [-0.15, -0.1) is 0 Å². The molecule has 0 radical (unpaired) electrons. The van der Waals surface area contributed by atoms with Gasteiger partial charge in [0.25, 0.3) is 0 Å². The Balaban J connectivity index is 1.43. The normalized spacial score (nSPS) is 28.5. The van der Waals surface area contributed by atoms with Gasteiger partial charge in [0.1, 0.15) is 6.54 Å². The van der Waals surface area contributed by atoms with Gasteiger partial charge in [0.15, 0.2) is 0 Å². The number of fused-ring (bicyclic) bond motifs is 2. The van der Waals surface area contributed by atoms with Crippen LogP contribution in [0.5, 0.6) is 0 Å². The van der Waals surface area contributed by atoms with Gasteiger partial charge in [-0.25, -0.2) is 0 Å². The molecule has 5 nitrogen and oxygen atoms in total. The molecule has 1 aromatic rings. The maximum atomic E-state index is 12.5. The molecule has 1 heterocycles. The number of aryl methyl sites for hydroxylation is 1. The molecule has 132 valence electrons. The Morgan fingerprint density at radius 1 is 1.00 bits per heavy atom. The zero-order valence-corrected chi connectivity index (χ0v) is 14.4. The van der Waals surface area contributed by atoms with E-state index in [1.807, 2.05) is 12.1 Å². The highest BCUT2D eigenvalue weighted by Crippen LogP contribution is 2.38. The fourth-order valence-corrected chi connectivity index (χ4v) is 4.67. The lowest BCUT2D eigenvalue weighted by molar-refractivity contribution is -0.143. The van der Waals surface area contributed by atoms with Crippen LogP contribution in [0.25, 0.3) is 0 Å². The third-order valence-electron chi connectivity index (χ3n) is 5.94. The Kier molecular flexibility index (Phi) is 4.32. The largest absolute Gasteiger partial charge is 0.348 e. The number of nitrogens with zero attached hydrogens (tertiary/aromatic N) is 1. The van der Waals surface area contributed by atoms with Crippen molar-refractivity contribution in [1.82, 2.24) is 10.2 Å². The monoisotopic (exact) mass is 340 g/mol. The van der Waals surface area contributed by atoms with E-state index in [9.17, 15) is 14.4 Å². The summed E-state index contributed by atoms with van der Waals surface area (Å²) in [5, 5.41) is 3.04. The minimum absolute atomic E-state index is 0.0208. The van der Waals surface area contributed by atoms with Crippen molar-refractivity contribution in [3.8, 4) is 0 Å². The Labute approximate surface area is 147 Å². The summed E-state index contributed by atoms with van der Waals surface area (Å²) in [7, 11) is 0. The molecule has 4 rings (SSSR count). The number of carbonyl (C=O) groups is 3. The van der Waals surface area contributed by atoms with Crippen LogP contribution in [0.4, 0.5) is 0 Å². The molecule has 0 unspecified atom stereocenters. The van der Waals surface area contributed by atoms with E-state index < -0.39 is 0 Å². The number of nitrogens with one attached hydrogen (secondary N) is 1.